The molecule has 7 heteroatoms. The van der Waals surface area contributed by atoms with Crippen molar-refractivity contribution in [2.45, 2.75) is 31.2 Å². The number of rotatable bonds is 4. The number of hydrogen-bond acceptors (Lipinski definition) is 3. The van der Waals surface area contributed by atoms with Crippen molar-refractivity contribution in [3.05, 3.63) is 27.7 Å². The van der Waals surface area contributed by atoms with Crippen molar-refractivity contribution >= 4 is 33.2 Å². The minimum absolute atomic E-state index is 0.147. The van der Waals surface area contributed by atoms with E-state index < -0.39 is 10.0 Å². The van der Waals surface area contributed by atoms with Crippen LogP contribution in [0.1, 0.15) is 25.3 Å². The Kier molecular flexibility index (Phi) is 5.54. The van der Waals surface area contributed by atoms with Crippen molar-refractivity contribution < 1.29 is 8.42 Å². The van der Waals surface area contributed by atoms with Gasteiger partial charge in [-0.25, -0.2) is 8.42 Å². The van der Waals surface area contributed by atoms with E-state index in [1.807, 2.05) is 0 Å². The van der Waals surface area contributed by atoms with Crippen molar-refractivity contribution in [3.8, 4) is 0 Å². The molecular formula is C14H20Cl2N2O2S. The van der Waals surface area contributed by atoms with E-state index >= 15 is 0 Å². The summed E-state index contributed by atoms with van der Waals surface area (Å²) in [6.07, 6.45) is 1.77. The molecule has 1 saturated heterocycles. The highest BCUT2D eigenvalue weighted by molar-refractivity contribution is 7.89. The summed E-state index contributed by atoms with van der Waals surface area (Å²) in [5.74, 6) is 0.567. The zero-order valence-electron chi connectivity index (χ0n) is 12.2. The third kappa shape index (κ3) is 3.71. The first kappa shape index (κ1) is 17.0. The molecule has 1 fully saturated rings. The number of nitrogens with one attached hydrogen (secondary N) is 1. The van der Waals surface area contributed by atoms with E-state index in [2.05, 4.69) is 12.2 Å². The standard InChI is InChI=1S/C14H20Cl2N2O2S/c1-10-3-5-18(6-4-10)21(19,20)14-7-11(9-17-2)12(15)8-13(14)16/h7-8,10,17H,3-6,9H2,1-2H3. The lowest BCUT2D eigenvalue weighted by Gasteiger charge is -2.29. The number of piperidine rings is 1. The molecule has 4 nitrogen and oxygen atoms in total. The normalized spacial score (nSPS) is 18.1. The lowest BCUT2D eigenvalue weighted by molar-refractivity contribution is 0.288. The van der Waals surface area contributed by atoms with Gasteiger partial charge in [-0.05, 0) is 43.5 Å². The third-order valence-electron chi connectivity index (χ3n) is 3.83. The van der Waals surface area contributed by atoms with Crippen LogP contribution in [0.3, 0.4) is 0 Å². The van der Waals surface area contributed by atoms with E-state index in [0.29, 0.717) is 30.6 Å². The van der Waals surface area contributed by atoms with Crippen LogP contribution in [0.15, 0.2) is 17.0 Å². The molecule has 0 atom stereocenters. The Bertz CT molecular complexity index is 612. The molecule has 21 heavy (non-hydrogen) atoms. The smallest absolute Gasteiger partial charge is 0.244 e. The highest BCUT2D eigenvalue weighted by Crippen LogP contribution is 2.32. The topological polar surface area (TPSA) is 49.4 Å². The fourth-order valence-corrected chi connectivity index (χ4v) is 4.77. The van der Waals surface area contributed by atoms with E-state index in [-0.39, 0.29) is 9.92 Å². The molecule has 2 rings (SSSR count). The molecule has 0 bridgehead atoms. The van der Waals surface area contributed by atoms with Crippen LogP contribution in [0.25, 0.3) is 0 Å². The van der Waals surface area contributed by atoms with Gasteiger partial charge >= 0.3 is 0 Å². The molecule has 0 aliphatic carbocycles. The van der Waals surface area contributed by atoms with E-state index in [9.17, 15) is 8.42 Å². The van der Waals surface area contributed by atoms with Crippen molar-refractivity contribution in [3.63, 3.8) is 0 Å². The van der Waals surface area contributed by atoms with E-state index in [4.69, 9.17) is 23.2 Å². The first-order valence-corrected chi connectivity index (χ1v) is 9.18. The largest absolute Gasteiger partial charge is 0.316 e. The number of benzene rings is 1. The highest BCUT2D eigenvalue weighted by Gasteiger charge is 2.30. The second kappa shape index (κ2) is 6.84. The van der Waals surface area contributed by atoms with Gasteiger partial charge in [-0.3, -0.25) is 0 Å². The van der Waals surface area contributed by atoms with Crippen molar-refractivity contribution in [1.29, 1.82) is 0 Å². The zero-order chi connectivity index (χ0) is 15.6. The van der Waals surface area contributed by atoms with Crippen LogP contribution in [-0.2, 0) is 16.6 Å². The molecular weight excluding hydrogens is 331 g/mol. The van der Waals surface area contributed by atoms with Gasteiger partial charge in [0.15, 0.2) is 0 Å². The van der Waals surface area contributed by atoms with Gasteiger partial charge in [0.1, 0.15) is 4.90 Å². The Morgan fingerprint density at radius 1 is 1.24 bits per heavy atom. The van der Waals surface area contributed by atoms with Gasteiger partial charge < -0.3 is 5.32 Å². The Hall–Kier alpha value is -0.330. The maximum absolute atomic E-state index is 12.8. The lowest BCUT2D eigenvalue weighted by atomic mass is 10.0. The van der Waals surface area contributed by atoms with Crippen molar-refractivity contribution in [2.24, 2.45) is 5.92 Å². The molecule has 0 radical (unpaired) electrons. The third-order valence-corrected chi connectivity index (χ3v) is 6.54. The van der Waals surface area contributed by atoms with Gasteiger partial charge in [0.2, 0.25) is 10.0 Å². The first-order valence-electron chi connectivity index (χ1n) is 6.99. The van der Waals surface area contributed by atoms with Gasteiger partial charge in [-0.15, -0.1) is 0 Å². The Morgan fingerprint density at radius 3 is 2.43 bits per heavy atom. The van der Waals surface area contributed by atoms with Crippen LogP contribution in [0, 0.1) is 5.92 Å². The second-order valence-corrected chi connectivity index (χ2v) is 8.21. The summed E-state index contributed by atoms with van der Waals surface area (Å²) in [5, 5.41) is 3.62. The Balaban J connectivity index is 2.37. The minimum atomic E-state index is -3.56. The number of nitrogens with zero attached hydrogens (tertiary/aromatic N) is 1. The van der Waals surface area contributed by atoms with Crippen molar-refractivity contribution in [2.75, 3.05) is 20.1 Å². The summed E-state index contributed by atoms with van der Waals surface area (Å²) in [4.78, 5) is 0.147. The molecule has 1 aromatic carbocycles. The average molecular weight is 351 g/mol. The van der Waals surface area contributed by atoms with Gasteiger partial charge in [-0.1, -0.05) is 30.1 Å². The number of sulfonamides is 1. The van der Waals surface area contributed by atoms with Crippen LogP contribution in [0.2, 0.25) is 10.0 Å². The molecule has 0 aromatic heterocycles. The molecule has 0 saturated carbocycles. The summed E-state index contributed by atoms with van der Waals surface area (Å²) in [5.41, 5.74) is 0.729. The maximum Gasteiger partial charge on any atom is 0.244 e. The molecule has 1 aliphatic rings. The molecule has 0 spiro atoms. The van der Waals surface area contributed by atoms with Crippen LogP contribution >= 0.6 is 23.2 Å². The molecule has 0 unspecified atom stereocenters. The first-order chi connectivity index (χ1) is 9.86. The van der Waals surface area contributed by atoms with Gasteiger partial charge in [0, 0.05) is 24.7 Å². The van der Waals surface area contributed by atoms with Crippen LogP contribution < -0.4 is 5.32 Å². The zero-order valence-corrected chi connectivity index (χ0v) is 14.5. The highest BCUT2D eigenvalue weighted by atomic mass is 35.5. The van der Waals surface area contributed by atoms with Crippen LogP contribution in [0.4, 0.5) is 0 Å². The maximum atomic E-state index is 12.8. The molecule has 1 aliphatic heterocycles. The summed E-state index contributed by atoms with van der Waals surface area (Å²) in [6.45, 7) is 3.73. The summed E-state index contributed by atoms with van der Waals surface area (Å²) >= 11 is 12.2. The lowest BCUT2D eigenvalue weighted by Crippen LogP contribution is -2.38. The molecule has 1 heterocycles. The summed E-state index contributed by atoms with van der Waals surface area (Å²) in [7, 11) is -1.78. The van der Waals surface area contributed by atoms with Crippen molar-refractivity contribution in [1.82, 2.24) is 9.62 Å². The summed E-state index contributed by atoms with van der Waals surface area (Å²) < 4.78 is 27.0. The monoisotopic (exact) mass is 350 g/mol. The quantitative estimate of drug-likeness (QED) is 0.907. The Labute approximate surface area is 136 Å². The fourth-order valence-electron chi connectivity index (χ4n) is 2.46. The van der Waals surface area contributed by atoms with Crippen LogP contribution in [-0.4, -0.2) is 32.9 Å². The Morgan fingerprint density at radius 2 is 1.86 bits per heavy atom. The predicted octanol–water partition coefficient (Wildman–Crippen LogP) is 3.13. The second-order valence-electron chi connectivity index (χ2n) is 5.49. The molecule has 1 aromatic rings. The molecule has 0 amide bonds. The van der Waals surface area contributed by atoms with Gasteiger partial charge in [0.05, 0.1) is 5.02 Å². The average Bonchev–Trinajstić information content (AvgIpc) is 2.42. The van der Waals surface area contributed by atoms with Crippen LogP contribution in [0.5, 0.6) is 0 Å². The van der Waals surface area contributed by atoms with E-state index in [1.54, 1.807) is 13.1 Å². The minimum Gasteiger partial charge on any atom is -0.316 e. The SMILES string of the molecule is CNCc1cc(S(=O)(=O)N2CCC(C)CC2)c(Cl)cc1Cl. The molecule has 1 N–H and O–H groups in total. The number of hydrogen-bond donors (Lipinski definition) is 1. The molecule has 118 valence electrons. The predicted molar refractivity (Wildman–Crippen MR) is 86.4 cm³/mol. The number of halogens is 2. The fraction of sp³-hybridized carbons (Fsp3) is 0.571. The van der Waals surface area contributed by atoms with Gasteiger partial charge in [-0.2, -0.15) is 4.31 Å². The van der Waals surface area contributed by atoms with E-state index in [1.165, 1.54) is 10.4 Å². The van der Waals surface area contributed by atoms with Gasteiger partial charge in [0.25, 0.3) is 0 Å². The summed E-state index contributed by atoms with van der Waals surface area (Å²) in [6, 6.07) is 3.09. The van der Waals surface area contributed by atoms with E-state index in [0.717, 1.165) is 18.4 Å².